The van der Waals surface area contributed by atoms with E-state index in [0.29, 0.717) is 30.3 Å². The number of aromatic nitrogens is 4. The van der Waals surface area contributed by atoms with Crippen molar-refractivity contribution < 1.29 is 13.2 Å². The van der Waals surface area contributed by atoms with E-state index in [9.17, 15) is 13.2 Å². The molecule has 0 aromatic carbocycles. The molecule has 0 N–H and O–H groups in total. The maximum Gasteiger partial charge on any atom is 0.417 e. The molecule has 0 atom stereocenters. The standard InChI is InChI=1S/C16H21F3N6S/c1-12(2)24-10-21-25(15(24)26)11-22-5-7-23(8-6-22)14-4-3-13(9-20-14)16(17,18)19/h3-4,9-10,12H,5-8,11H2,1-2H3. The van der Waals surface area contributed by atoms with Gasteiger partial charge in [-0.15, -0.1) is 0 Å². The van der Waals surface area contributed by atoms with Crippen molar-refractivity contribution in [3.8, 4) is 0 Å². The van der Waals surface area contributed by atoms with Gasteiger partial charge in [-0.1, -0.05) is 0 Å². The summed E-state index contributed by atoms with van der Waals surface area (Å²) >= 11 is 5.44. The Labute approximate surface area is 154 Å². The van der Waals surface area contributed by atoms with Gasteiger partial charge in [0.05, 0.1) is 12.2 Å². The Morgan fingerprint density at radius 1 is 1.15 bits per heavy atom. The Hall–Kier alpha value is -1.94. The highest BCUT2D eigenvalue weighted by atomic mass is 32.1. The fourth-order valence-corrected chi connectivity index (χ4v) is 3.21. The first kappa shape index (κ1) is 18.8. The van der Waals surface area contributed by atoms with Gasteiger partial charge in [-0.25, -0.2) is 9.67 Å². The van der Waals surface area contributed by atoms with Crippen LogP contribution < -0.4 is 4.90 Å². The molecular formula is C16H21F3N6S. The van der Waals surface area contributed by atoms with Crippen LogP contribution in [0, 0.1) is 4.77 Å². The predicted molar refractivity (Wildman–Crippen MR) is 94.5 cm³/mol. The molecule has 2 aromatic heterocycles. The van der Waals surface area contributed by atoms with Crippen molar-refractivity contribution in [2.75, 3.05) is 31.1 Å². The summed E-state index contributed by atoms with van der Waals surface area (Å²) in [5.41, 5.74) is -0.727. The van der Waals surface area contributed by atoms with Crippen molar-refractivity contribution >= 4 is 18.0 Å². The van der Waals surface area contributed by atoms with E-state index >= 15 is 0 Å². The van der Waals surface area contributed by atoms with Crippen LogP contribution in [0.1, 0.15) is 25.5 Å². The minimum atomic E-state index is -4.36. The summed E-state index contributed by atoms with van der Waals surface area (Å²) in [6.07, 6.45) is -1.72. The highest BCUT2D eigenvalue weighted by Gasteiger charge is 2.31. The summed E-state index contributed by atoms with van der Waals surface area (Å²) in [6, 6.07) is 2.77. The molecule has 0 radical (unpaired) electrons. The summed E-state index contributed by atoms with van der Waals surface area (Å²) in [4.78, 5) is 8.17. The third-order valence-corrected chi connectivity index (χ3v) is 4.84. The number of piperazine rings is 1. The molecular weight excluding hydrogens is 365 g/mol. The second-order valence-corrected chi connectivity index (χ2v) is 6.93. The van der Waals surface area contributed by atoms with Gasteiger partial charge in [-0.3, -0.25) is 4.90 Å². The van der Waals surface area contributed by atoms with Gasteiger partial charge < -0.3 is 9.47 Å². The van der Waals surface area contributed by atoms with E-state index in [1.807, 2.05) is 9.47 Å². The Morgan fingerprint density at radius 2 is 1.85 bits per heavy atom. The van der Waals surface area contributed by atoms with Crippen LogP contribution in [0.2, 0.25) is 0 Å². The van der Waals surface area contributed by atoms with Gasteiger partial charge in [0.15, 0.2) is 4.77 Å². The summed E-state index contributed by atoms with van der Waals surface area (Å²) in [7, 11) is 0. The Balaban J connectivity index is 1.58. The molecule has 0 spiro atoms. The van der Waals surface area contributed by atoms with E-state index in [1.54, 1.807) is 11.0 Å². The van der Waals surface area contributed by atoms with Crippen LogP contribution in [-0.4, -0.2) is 50.4 Å². The maximum atomic E-state index is 12.6. The van der Waals surface area contributed by atoms with Crippen LogP contribution in [0.3, 0.4) is 0 Å². The van der Waals surface area contributed by atoms with Crippen LogP contribution in [0.15, 0.2) is 24.7 Å². The summed E-state index contributed by atoms with van der Waals surface area (Å²) < 4.78 is 42.3. The molecule has 142 valence electrons. The fourth-order valence-electron chi connectivity index (χ4n) is 2.85. The third kappa shape index (κ3) is 4.07. The first-order chi connectivity index (χ1) is 12.3. The smallest absolute Gasteiger partial charge is 0.354 e. The molecule has 0 amide bonds. The Bertz CT molecular complexity index is 788. The molecule has 26 heavy (non-hydrogen) atoms. The van der Waals surface area contributed by atoms with E-state index in [0.717, 1.165) is 25.4 Å². The van der Waals surface area contributed by atoms with Crippen LogP contribution in [0.5, 0.6) is 0 Å². The molecule has 10 heteroatoms. The highest BCUT2D eigenvalue weighted by molar-refractivity contribution is 7.71. The van der Waals surface area contributed by atoms with Gasteiger partial charge in [0.25, 0.3) is 0 Å². The molecule has 2 aromatic rings. The predicted octanol–water partition coefficient (Wildman–Crippen LogP) is 3.19. The highest BCUT2D eigenvalue weighted by Crippen LogP contribution is 2.29. The van der Waals surface area contributed by atoms with Gasteiger partial charge in [0.1, 0.15) is 12.1 Å². The average Bonchev–Trinajstić information content (AvgIpc) is 2.96. The zero-order valence-corrected chi connectivity index (χ0v) is 15.5. The van der Waals surface area contributed by atoms with E-state index < -0.39 is 11.7 Å². The minimum Gasteiger partial charge on any atom is -0.354 e. The maximum absolute atomic E-state index is 12.6. The largest absolute Gasteiger partial charge is 0.417 e. The fraction of sp³-hybridized carbons (Fsp3) is 0.562. The van der Waals surface area contributed by atoms with Crippen LogP contribution in [0.25, 0.3) is 0 Å². The van der Waals surface area contributed by atoms with Crippen molar-refractivity contribution in [3.63, 3.8) is 0 Å². The van der Waals surface area contributed by atoms with E-state index in [1.165, 1.54) is 6.07 Å². The Morgan fingerprint density at radius 3 is 2.35 bits per heavy atom. The SMILES string of the molecule is CC(C)n1cnn(CN2CCN(c3ccc(C(F)(F)F)cn3)CC2)c1=S. The molecule has 1 aliphatic rings. The normalized spacial score (nSPS) is 16.5. The molecule has 0 aliphatic carbocycles. The lowest BCUT2D eigenvalue weighted by molar-refractivity contribution is -0.137. The van der Waals surface area contributed by atoms with Gasteiger partial charge in [-0.05, 0) is 38.2 Å². The van der Waals surface area contributed by atoms with Crippen LogP contribution in [-0.2, 0) is 12.8 Å². The minimum absolute atomic E-state index is 0.263. The topological polar surface area (TPSA) is 42.1 Å². The number of pyridine rings is 1. The van der Waals surface area contributed by atoms with E-state index in [-0.39, 0.29) is 6.04 Å². The van der Waals surface area contributed by atoms with Crippen molar-refractivity contribution in [2.24, 2.45) is 0 Å². The summed E-state index contributed by atoms with van der Waals surface area (Å²) in [5.74, 6) is 0.568. The molecule has 1 fully saturated rings. The van der Waals surface area contributed by atoms with Crippen molar-refractivity contribution in [2.45, 2.75) is 32.7 Å². The van der Waals surface area contributed by atoms with E-state index in [2.05, 4.69) is 28.8 Å². The first-order valence-corrected chi connectivity index (χ1v) is 8.81. The number of rotatable bonds is 4. The van der Waals surface area contributed by atoms with Gasteiger partial charge >= 0.3 is 6.18 Å². The quantitative estimate of drug-likeness (QED) is 0.755. The molecule has 1 aliphatic heterocycles. The first-order valence-electron chi connectivity index (χ1n) is 8.40. The van der Waals surface area contributed by atoms with Crippen LogP contribution in [0.4, 0.5) is 19.0 Å². The molecule has 0 bridgehead atoms. The lowest BCUT2D eigenvalue weighted by atomic mass is 10.2. The monoisotopic (exact) mass is 386 g/mol. The zero-order valence-electron chi connectivity index (χ0n) is 14.6. The molecule has 1 saturated heterocycles. The number of anilines is 1. The van der Waals surface area contributed by atoms with Crippen molar-refractivity contribution in [1.29, 1.82) is 0 Å². The van der Waals surface area contributed by atoms with Crippen molar-refractivity contribution in [1.82, 2.24) is 24.2 Å². The molecule has 3 heterocycles. The summed E-state index contributed by atoms with van der Waals surface area (Å²) in [5, 5.41) is 4.34. The lowest BCUT2D eigenvalue weighted by Crippen LogP contribution is -2.47. The number of hydrogen-bond donors (Lipinski definition) is 0. The second kappa shape index (κ2) is 7.36. The number of nitrogens with zero attached hydrogens (tertiary/aromatic N) is 6. The number of hydrogen-bond acceptors (Lipinski definition) is 5. The van der Waals surface area contributed by atoms with Crippen molar-refractivity contribution in [3.05, 3.63) is 35.0 Å². The molecule has 0 saturated carbocycles. The molecule has 3 rings (SSSR count). The van der Waals surface area contributed by atoms with Gasteiger partial charge in [-0.2, -0.15) is 18.3 Å². The lowest BCUT2D eigenvalue weighted by Gasteiger charge is -2.35. The third-order valence-electron chi connectivity index (χ3n) is 4.42. The molecule has 6 nitrogen and oxygen atoms in total. The second-order valence-electron chi connectivity index (χ2n) is 6.56. The van der Waals surface area contributed by atoms with Gasteiger partial charge in [0, 0.05) is 38.4 Å². The van der Waals surface area contributed by atoms with Crippen LogP contribution >= 0.6 is 12.2 Å². The molecule has 0 unspecified atom stereocenters. The number of alkyl halides is 3. The zero-order chi connectivity index (χ0) is 18.9. The van der Waals surface area contributed by atoms with E-state index in [4.69, 9.17) is 12.2 Å². The average molecular weight is 386 g/mol. The Kier molecular flexibility index (Phi) is 5.33. The number of halogens is 3. The van der Waals surface area contributed by atoms with Gasteiger partial charge in [0.2, 0.25) is 0 Å². The summed E-state index contributed by atoms with van der Waals surface area (Å²) in [6.45, 7) is 7.62.